The Morgan fingerprint density at radius 3 is 2.83 bits per heavy atom. The number of nitrogens with zero attached hydrogens (tertiary/aromatic N) is 6. The van der Waals surface area contributed by atoms with E-state index in [9.17, 15) is 14.3 Å². The van der Waals surface area contributed by atoms with Gasteiger partial charge >= 0.3 is 0 Å². The zero-order valence-electron chi connectivity index (χ0n) is 15.9. The molecular weight excluding hydrogens is 391 g/mol. The average Bonchev–Trinajstić information content (AvgIpc) is 3.35. The van der Waals surface area contributed by atoms with E-state index in [0.29, 0.717) is 28.4 Å². The number of fused-ring (bicyclic) bond motifs is 2. The molecule has 150 valence electrons. The molecule has 10 heteroatoms. The number of pyridine rings is 3. The van der Waals surface area contributed by atoms with Crippen LogP contribution in [0.4, 0.5) is 4.39 Å². The van der Waals surface area contributed by atoms with Crippen molar-refractivity contribution in [2.75, 3.05) is 0 Å². The third-order valence-electron chi connectivity index (χ3n) is 4.95. The molecule has 0 spiro atoms. The van der Waals surface area contributed by atoms with Crippen molar-refractivity contribution in [3.63, 3.8) is 0 Å². The molecule has 0 radical (unpaired) electrons. The van der Waals surface area contributed by atoms with Gasteiger partial charge in [0.1, 0.15) is 5.75 Å². The van der Waals surface area contributed by atoms with Crippen molar-refractivity contribution < 1.29 is 14.0 Å². The van der Waals surface area contributed by atoms with Gasteiger partial charge in [0.2, 0.25) is 0 Å². The van der Waals surface area contributed by atoms with E-state index in [4.69, 9.17) is 4.52 Å². The molecule has 1 atom stereocenters. The highest BCUT2D eigenvalue weighted by atomic mass is 19.1. The Morgan fingerprint density at radius 1 is 1.23 bits per heavy atom. The monoisotopic (exact) mass is 406 g/mol. The molecule has 0 fully saturated rings. The van der Waals surface area contributed by atoms with Crippen LogP contribution in [0.25, 0.3) is 27.9 Å². The van der Waals surface area contributed by atoms with Gasteiger partial charge in [-0.3, -0.25) is 14.2 Å². The Hall–Kier alpha value is -4.08. The number of hydrogen-bond donors (Lipinski definition) is 1. The molecule has 0 unspecified atom stereocenters. The fourth-order valence-electron chi connectivity index (χ4n) is 3.45. The lowest BCUT2D eigenvalue weighted by atomic mass is 10.2. The summed E-state index contributed by atoms with van der Waals surface area (Å²) in [7, 11) is 0. The lowest BCUT2D eigenvalue weighted by Gasteiger charge is -2.14. The lowest BCUT2D eigenvalue weighted by Crippen LogP contribution is -2.25. The summed E-state index contributed by atoms with van der Waals surface area (Å²) < 4.78 is 22.8. The highest BCUT2D eigenvalue weighted by Crippen LogP contribution is 2.25. The summed E-state index contributed by atoms with van der Waals surface area (Å²) in [6.45, 7) is 3.52. The Morgan fingerprint density at radius 2 is 2.07 bits per heavy atom. The van der Waals surface area contributed by atoms with Crippen LogP contribution >= 0.6 is 0 Å². The second kappa shape index (κ2) is 6.48. The standard InChI is InChI=1S/C20H15FN6O3/c1-10-5-17(30-25-10)12-6-15(21)19-24-23-18(27(19)9-12)11(2)26-4-3-16-14(20(26)29)7-13(28)8-22-16/h3-9,11,28H,1-2H3/t11-/m0/s1. The Bertz CT molecular complexity index is 1490. The third kappa shape index (κ3) is 2.72. The van der Waals surface area contributed by atoms with E-state index < -0.39 is 11.9 Å². The van der Waals surface area contributed by atoms with Crippen molar-refractivity contribution in [1.82, 2.24) is 29.3 Å². The summed E-state index contributed by atoms with van der Waals surface area (Å²) in [5.41, 5.74) is 1.27. The molecule has 0 bridgehead atoms. The normalized spacial score (nSPS) is 12.6. The van der Waals surface area contributed by atoms with E-state index >= 15 is 0 Å². The molecule has 0 amide bonds. The molecule has 0 saturated heterocycles. The maximum absolute atomic E-state index is 14.7. The van der Waals surface area contributed by atoms with Gasteiger partial charge < -0.3 is 14.2 Å². The lowest BCUT2D eigenvalue weighted by molar-refractivity contribution is 0.426. The van der Waals surface area contributed by atoms with Crippen LogP contribution in [0.15, 0.2) is 52.2 Å². The van der Waals surface area contributed by atoms with Crippen LogP contribution in [0, 0.1) is 12.7 Å². The Kier molecular flexibility index (Phi) is 3.88. The first-order chi connectivity index (χ1) is 14.4. The summed E-state index contributed by atoms with van der Waals surface area (Å²) >= 11 is 0. The van der Waals surface area contributed by atoms with Crippen molar-refractivity contribution in [3.05, 3.63) is 70.5 Å². The minimum Gasteiger partial charge on any atom is -0.506 e. The van der Waals surface area contributed by atoms with Crippen LogP contribution in [0.2, 0.25) is 0 Å². The molecule has 5 aromatic heterocycles. The van der Waals surface area contributed by atoms with E-state index in [-0.39, 0.29) is 22.3 Å². The zero-order chi connectivity index (χ0) is 21.0. The average molecular weight is 406 g/mol. The van der Waals surface area contributed by atoms with Gasteiger partial charge in [-0.15, -0.1) is 10.2 Å². The summed E-state index contributed by atoms with van der Waals surface area (Å²) in [5.74, 6) is 0.0843. The van der Waals surface area contributed by atoms with Crippen molar-refractivity contribution >= 4 is 16.6 Å². The third-order valence-corrected chi connectivity index (χ3v) is 4.95. The number of aromatic nitrogens is 6. The molecule has 5 aromatic rings. The summed E-state index contributed by atoms with van der Waals surface area (Å²) in [6.07, 6.45) is 4.50. The molecule has 0 aliphatic heterocycles. The van der Waals surface area contributed by atoms with E-state index in [1.54, 1.807) is 38.4 Å². The van der Waals surface area contributed by atoms with Crippen LogP contribution < -0.4 is 5.56 Å². The zero-order valence-corrected chi connectivity index (χ0v) is 15.9. The van der Waals surface area contributed by atoms with Gasteiger partial charge in [0.05, 0.1) is 28.8 Å². The van der Waals surface area contributed by atoms with Gasteiger partial charge in [0, 0.05) is 24.0 Å². The minimum atomic E-state index is -0.578. The largest absolute Gasteiger partial charge is 0.506 e. The van der Waals surface area contributed by atoms with Crippen LogP contribution in [0.3, 0.4) is 0 Å². The van der Waals surface area contributed by atoms with E-state index in [2.05, 4.69) is 20.3 Å². The number of aromatic hydroxyl groups is 1. The highest BCUT2D eigenvalue weighted by molar-refractivity contribution is 5.78. The van der Waals surface area contributed by atoms with Gasteiger partial charge in [0.15, 0.2) is 23.0 Å². The smallest absolute Gasteiger partial charge is 0.260 e. The van der Waals surface area contributed by atoms with Crippen LogP contribution in [0.1, 0.15) is 24.5 Å². The van der Waals surface area contributed by atoms with Crippen molar-refractivity contribution in [3.8, 4) is 17.1 Å². The van der Waals surface area contributed by atoms with E-state index in [1.807, 2.05) is 0 Å². The van der Waals surface area contributed by atoms with Gasteiger partial charge in [-0.25, -0.2) is 4.39 Å². The number of halogens is 1. The Balaban J connectivity index is 1.68. The van der Waals surface area contributed by atoms with Crippen molar-refractivity contribution in [2.24, 2.45) is 0 Å². The topological polar surface area (TPSA) is 111 Å². The maximum Gasteiger partial charge on any atom is 0.260 e. The van der Waals surface area contributed by atoms with Crippen LogP contribution in [-0.4, -0.2) is 34.4 Å². The number of rotatable bonds is 3. The summed E-state index contributed by atoms with van der Waals surface area (Å²) in [4.78, 5) is 17.0. The summed E-state index contributed by atoms with van der Waals surface area (Å²) in [6, 6.07) is 5.44. The van der Waals surface area contributed by atoms with Crippen molar-refractivity contribution in [2.45, 2.75) is 19.9 Å². The molecule has 1 N–H and O–H groups in total. The first kappa shape index (κ1) is 18.0. The molecule has 9 nitrogen and oxygen atoms in total. The predicted molar refractivity (Wildman–Crippen MR) is 105 cm³/mol. The molecule has 0 aliphatic carbocycles. The van der Waals surface area contributed by atoms with Crippen LogP contribution in [-0.2, 0) is 0 Å². The number of hydrogen-bond acceptors (Lipinski definition) is 7. The fourth-order valence-corrected chi connectivity index (χ4v) is 3.45. The van der Waals surface area contributed by atoms with E-state index in [1.165, 1.54) is 27.3 Å². The fraction of sp³-hybridized carbons (Fsp3) is 0.150. The first-order valence-electron chi connectivity index (χ1n) is 9.10. The quantitative estimate of drug-likeness (QED) is 0.490. The highest BCUT2D eigenvalue weighted by Gasteiger charge is 2.21. The SMILES string of the molecule is Cc1cc(-c2cc(F)c3nnc([C@H](C)n4ccc5ncc(O)cc5c4=O)n3c2)on1. The van der Waals surface area contributed by atoms with Gasteiger partial charge in [-0.2, -0.15) is 0 Å². The molecule has 5 rings (SSSR count). The van der Waals surface area contributed by atoms with Crippen LogP contribution in [0.5, 0.6) is 5.75 Å². The van der Waals surface area contributed by atoms with Gasteiger partial charge in [-0.1, -0.05) is 5.16 Å². The second-order valence-electron chi connectivity index (χ2n) is 6.99. The summed E-state index contributed by atoms with van der Waals surface area (Å²) in [5, 5.41) is 21.8. The molecule has 30 heavy (non-hydrogen) atoms. The molecular formula is C20H15FN6O3. The van der Waals surface area contributed by atoms with Gasteiger partial charge in [0.25, 0.3) is 5.56 Å². The minimum absolute atomic E-state index is 0.0324. The Labute approximate surface area is 168 Å². The second-order valence-corrected chi connectivity index (χ2v) is 6.99. The number of aryl methyl sites for hydroxylation is 1. The molecule has 0 aromatic carbocycles. The molecule has 5 heterocycles. The molecule has 0 aliphatic rings. The molecule has 0 saturated carbocycles. The van der Waals surface area contributed by atoms with Crippen molar-refractivity contribution in [1.29, 1.82) is 0 Å². The van der Waals surface area contributed by atoms with E-state index in [0.717, 1.165) is 0 Å². The first-order valence-corrected chi connectivity index (χ1v) is 9.10. The van der Waals surface area contributed by atoms with Gasteiger partial charge in [-0.05, 0) is 32.0 Å². The maximum atomic E-state index is 14.7. The predicted octanol–water partition coefficient (Wildman–Crippen LogP) is 2.86.